The van der Waals surface area contributed by atoms with Gasteiger partial charge in [0.2, 0.25) is 0 Å². The predicted molar refractivity (Wildman–Crippen MR) is 58.2 cm³/mol. The molecule has 0 amide bonds. The Balaban J connectivity index is 2.82. The number of aliphatic imine (C=N–C) groups is 1. The Morgan fingerprint density at radius 3 is 2.25 bits per heavy atom. The Morgan fingerprint density at radius 2 is 1.94 bits per heavy atom. The van der Waals surface area contributed by atoms with Crippen molar-refractivity contribution in [1.29, 1.82) is 0 Å². The highest BCUT2D eigenvalue weighted by molar-refractivity contribution is 5.97. The average molecular weight is 234 g/mol. The Hall–Kier alpha value is -1.00. The van der Waals surface area contributed by atoms with Gasteiger partial charge in [0.1, 0.15) is 5.70 Å². The quantitative estimate of drug-likeness (QED) is 0.749. The molecule has 0 aromatic rings. The largest absolute Gasteiger partial charge is 0.430 e. The molecule has 0 heterocycles. The SMILES string of the molecule is CC(C)C(C=C(N)C(F)(F)F)=NC1CCC1. The second kappa shape index (κ2) is 4.89. The normalized spacial score (nSPS) is 20.1. The summed E-state index contributed by atoms with van der Waals surface area (Å²) in [7, 11) is 0. The fraction of sp³-hybridized carbons (Fsp3) is 0.727. The molecule has 1 saturated carbocycles. The maximum Gasteiger partial charge on any atom is 0.430 e. The van der Waals surface area contributed by atoms with Crippen LogP contribution in [0.2, 0.25) is 0 Å². The summed E-state index contributed by atoms with van der Waals surface area (Å²) in [6.45, 7) is 3.63. The summed E-state index contributed by atoms with van der Waals surface area (Å²) in [6, 6.07) is 0.190. The van der Waals surface area contributed by atoms with Crippen LogP contribution in [-0.2, 0) is 0 Å². The number of rotatable bonds is 3. The molecule has 0 bridgehead atoms. The van der Waals surface area contributed by atoms with E-state index in [1.807, 2.05) is 13.8 Å². The van der Waals surface area contributed by atoms with Gasteiger partial charge in [-0.15, -0.1) is 0 Å². The van der Waals surface area contributed by atoms with Crippen LogP contribution in [0.1, 0.15) is 33.1 Å². The fourth-order valence-electron chi connectivity index (χ4n) is 1.32. The third-order valence-electron chi connectivity index (χ3n) is 2.63. The van der Waals surface area contributed by atoms with Gasteiger partial charge in [-0.05, 0) is 31.3 Å². The number of nitrogens with zero attached hydrogens (tertiary/aromatic N) is 1. The third-order valence-corrected chi connectivity index (χ3v) is 2.63. The monoisotopic (exact) mass is 234 g/mol. The summed E-state index contributed by atoms with van der Waals surface area (Å²) in [5, 5.41) is 0. The van der Waals surface area contributed by atoms with Crippen molar-refractivity contribution in [2.45, 2.75) is 45.3 Å². The van der Waals surface area contributed by atoms with Crippen molar-refractivity contribution in [3.63, 3.8) is 0 Å². The maximum absolute atomic E-state index is 12.3. The van der Waals surface area contributed by atoms with Crippen molar-refractivity contribution in [2.24, 2.45) is 16.6 Å². The first kappa shape index (κ1) is 13.1. The van der Waals surface area contributed by atoms with Crippen LogP contribution in [0.15, 0.2) is 16.8 Å². The molecular formula is C11H17F3N2. The summed E-state index contributed by atoms with van der Waals surface area (Å²) in [5.41, 5.74) is 4.35. The minimum atomic E-state index is -4.46. The molecule has 0 unspecified atom stereocenters. The van der Waals surface area contributed by atoms with E-state index in [-0.39, 0.29) is 12.0 Å². The van der Waals surface area contributed by atoms with E-state index in [1.54, 1.807) is 0 Å². The molecule has 92 valence electrons. The zero-order valence-corrected chi connectivity index (χ0v) is 9.51. The van der Waals surface area contributed by atoms with Gasteiger partial charge in [0.25, 0.3) is 0 Å². The first-order valence-corrected chi connectivity index (χ1v) is 5.42. The van der Waals surface area contributed by atoms with E-state index in [4.69, 9.17) is 5.73 Å². The van der Waals surface area contributed by atoms with Crippen molar-refractivity contribution in [1.82, 2.24) is 0 Å². The van der Waals surface area contributed by atoms with Crippen LogP contribution in [0.25, 0.3) is 0 Å². The van der Waals surface area contributed by atoms with E-state index in [0.717, 1.165) is 25.3 Å². The highest BCUT2D eigenvalue weighted by Crippen LogP contribution is 2.25. The van der Waals surface area contributed by atoms with Gasteiger partial charge >= 0.3 is 6.18 Å². The molecule has 0 radical (unpaired) electrons. The van der Waals surface area contributed by atoms with Gasteiger partial charge in [-0.3, -0.25) is 4.99 Å². The van der Waals surface area contributed by atoms with E-state index in [1.165, 1.54) is 0 Å². The molecule has 1 rings (SSSR count). The predicted octanol–water partition coefficient (Wildman–Crippen LogP) is 3.04. The van der Waals surface area contributed by atoms with E-state index in [9.17, 15) is 13.2 Å². The first-order valence-electron chi connectivity index (χ1n) is 5.42. The number of alkyl halides is 3. The van der Waals surface area contributed by atoms with Crippen LogP contribution in [0.3, 0.4) is 0 Å². The van der Waals surface area contributed by atoms with Crippen molar-refractivity contribution in [3.05, 3.63) is 11.8 Å². The van der Waals surface area contributed by atoms with Crippen LogP contribution in [-0.4, -0.2) is 17.9 Å². The highest BCUT2D eigenvalue weighted by Gasteiger charge is 2.32. The standard InChI is InChI=1S/C11H17F3N2/c1-7(2)9(16-8-4-3-5-8)6-10(15)11(12,13)14/h6-8H,3-5,15H2,1-2H3. The maximum atomic E-state index is 12.3. The first-order chi connectivity index (χ1) is 7.30. The molecule has 0 aliphatic heterocycles. The molecule has 0 spiro atoms. The van der Waals surface area contributed by atoms with Gasteiger partial charge in [0, 0.05) is 5.71 Å². The Kier molecular flexibility index (Phi) is 3.99. The second-order valence-corrected chi connectivity index (χ2v) is 4.39. The molecule has 5 heteroatoms. The van der Waals surface area contributed by atoms with E-state index in [2.05, 4.69) is 4.99 Å². The summed E-state index contributed by atoms with van der Waals surface area (Å²) in [6.07, 6.45) is -0.456. The second-order valence-electron chi connectivity index (χ2n) is 4.39. The van der Waals surface area contributed by atoms with Crippen molar-refractivity contribution >= 4 is 5.71 Å². The smallest absolute Gasteiger partial charge is 0.395 e. The average Bonchev–Trinajstić information content (AvgIpc) is 2.06. The van der Waals surface area contributed by atoms with Crippen LogP contribution < -0.4 is 5.73 Å². The third kappa shape index (κ3) is 3.54. The minimum Gasteiger partial charge on any atom is -0.395 e. The Labute approximate surface area is 93.4 Å². The summed E-state index contributed by atoms with van der Waals surface area (Å²) in [5.74, 6) is -0.0403. The molecule has 2 N–H and O–H groups in total. The van der Waals surface area contributed by atoms with Gasteiger partial charge in [0.15, 0.2) is 0 Å². The molecule has 1 aliphatic rings. The number of hydrogen-bond donors (Lipinski definition) is 1. The fourth-order valence-corrected chi connectivity index (χ4v) is 1.32. The van der Waals surface area contributed by atoms with E-state index >= 15 is 0 Å². The topological polar surface area (TPSA) is 38.4 Å². The molecule has 1 fully saturated rings. The molecule has 0 atom stereocenters. The van der Waals surface area contributed by atoms with Gasteiger partial charge < -0.3 is 5.73 Å². The highest BCUT2D eigenvalue weighted by atomic mass is 19.4. The van der Waals surface area contributed by atoms with Crippen molar-refractivity contribution in [2.75, 3.05) is 0 Å². The van der Waals surface area contributed by atoms with Crippen LogP contribution in [0, 0.1) is 5.92 Å². The Morgan fingerprint density at radius 1 is 1.38 bits per heavy atom. The minimum absolute atomic E-state index is 0.0403. The number of nitrogens with two attached hydrogens (primary N) is 1. The van der Waals surface area contributed by atoms with Crippen LogP contribution in [0.5, 0.6) is 0 Å². The molecule has 1 aliphatic carbocycles. The van der Waals surface area contributed by atoms with Gasteiger partial charge in [-0.25, -0.2) is 0 Å². The lowest BCUT2D eigenvalue weighted by Crippen LogP contribution is -2.23. The summed E-state index contributed by atoms with van der Waals surface area (Å²) in [4.78, 5) is 4.30. The lowest BCUT2D eigenvalue weighted by molar-refractivity contribution is -0.0925. The molecule has 0 aromatic heterocycles. The molecule has 2 nitrogen and oxygen atoms in total. The van der Waals surface area contributed by atoms with Gasteiger partial charge in [-0.1, -0.05) is 13.8 Å². The van der Waals surface area contributed by atoms with Gasteiger partial charge in [0.05, 0.1) is 6.04 Å². The van der Waals surface area contributed by atoms with Crippen LogP contribution >= 0.6 is 0 Å². The lowest BCUT2D eigenvalue weighted by Gasteiger charge is -2.23. The van der Waals surface area contributed by atoms with Crippen LogP contribution in [0.4, 0.5) is 13.2 Å². The number of halogens is 3. The Bertz CT molecular complexity index is 299. The van der Waals surface area contributed by atoms with E-state index in [0.29, 0.717) is 5.71 Å². The number of allylic oxidation sites excluding steroid dienone is 2. The summed E-state index contributed by atoms with van der Waals surface area (Å²) < 4.78 is 36.8. The zero-order valence-electron chi connectivity index (χ0n) is 9.51. The van der Waals surface area contributed by atoms with Gasteiger partial charge in [-0.2, -0.15) is 13.2 Å². The van der Waals surface area contributed by atoms with Crippen molar-refractivity contribution < 1.29 is 13.2 Å². The molecule has 0 saturated heterocycles. The molecular weight excluding hydrogens is 217 g/mol. The molecule has 16 heavy (non-hydrogen) atoms. The number of hydrogen-bond acceptors (Lipinski definition) is 2. The lowest BCUT2D eigenvalue weighted by atomic mass is 9.93. The van der Waals surface area contributed by atoms with Crippen molar-refractivity contribution in [3.8, 4) is 0 Å². The summed E-state index contributed by atoms with van der Waals surface area (Å²) >= 11 is 0. The zero-order chi connectivity index (χ0) is 12.3. The van der Waals surface area contributed by atoms with E-state index < -0.39 is 11.9 Å². The molecule has 0 aromatic carbocycles.